The number of aromatic nitrogens is 4. The Kier molecular flexibility index (Phi) is 4.70. The highest BCUT2D eigenvalue weighted by atomic mass is 16.2. The summed E-state index contributed by atoms with van der Waals surface area (Å²) in [6.07, 6.45) is 4.70. The number of hydrogen-bond donors (Lipinski definition) is 1. The lowest BCUT2D eigenvalue weighted by Gasteiger charge is -2.17. The molecule has 0 aliphatic carbocycles. The molecular formula is C21H21N5O. The highest BCUT2D eigenvalue weighted by molar-refractivity contribution is 5.77. The van der Waals surface area contributed by atoms with E-state index in [2.05, 4.69) is 15.1 Å². The van der Waals surface area contributed by atoms with Crippen LogP contribution in [0.5, 0.6) is 0 Å². The van der Waals surface area contributed by atoms with E-state index in [4.69, 9.17) is 0 Å². The average molecular weight is 359 g/mol. The van der Waals surface area contributed by atoms with Crippen molar-refractivity contribution in [3.05, 3.63) is 78.4 Å². The van der Waals surface area contributed by atoms with E-state index in [1.807, 2.05) is 72.5 Å². The number of amides is 1. The fourth-order valence-electron chi connectivity index (χ4n) is 3.08. The van der Waals surface area contributed by atoms with Crippen LogP contribution in [0.15, 0.2) is 67.0 Å². The van der Waals surface area contributed by atoms with Gasteiger partial charge in [0, 0.05) is 38.8 Å². The molecule has 6 nitrogen and oxygen atoms in total. The zero-order chi connectivity index (χ0) is 18.6. The molecule has 4 rings (SSSR count). The molecule has 0 saturated heterocycles. The van der Waals surface area contributed by atoms with Crippen LogP contribution in [-0.2, 0) is 17.8 Å². The fourth-order valence-corrected chi connectivity index (χ4v) is 3.08. The molecule has 1 amide bonds. The van der Waals surface area contributed by atoms with Gasteiger partial charge in [0.2, 0.25) is 5.91 Å². The topological polar surface area (TPSA) is 66.8 Å². The predicted octanol–water partition coefficient (Wildman–Crippen LogP) is 3.34. The number of benzene rings is 2. The molecule has 27 heavy (non-hydrogen) atoms. The van der Waals surface area contributed by atoms with Gasteiger partial charge in [0.15, 0.2) is 0 Å². The number of hydrogen-bond acceptors (Lipinski definition) is 3. The van der Waals surface area contributed by atoms with Gasteiger partial charge in [-0.05, 0) is 35.9 Å². The second-order valence-electron chi connectivity index (χ2n) is 6.57. The number of nitrogens with zero attached hydrogens (tertiary/aromatic N) is 4. The number of rotatable bonds is 6. The molecular weight excluding hydrogens is 338 g/mol. The summed E-state index contributed by atoms with van der Waals surface area (Å²) in [4.78, 5) is 22.0. The molecule has 0 spiro atoms. The molecule has 2 aromatic carbocycles. The number of aromatic amines is 1. The van der Waals surface area contributed by atoms with Gasteiger partial charge in [0.05, 0.1) is 16.7 Å². The maximum atomic E-state index is 12.5. The zero-order valence-electron chi connectivity index (χ0n) is 15.2. The predicted molar refractivity (Wildman–Crippen MR) is 104 cm³/mol. The number of carbonyl (C=O) groups excluding carboxylic acids is 1. The van der Waals surface area contributed by atoms with E-state index in [0.717, 1.165) is 28.1 Å². The molecule has 0 aliphatic rings. The van der Waals surface area contributed by atoms with Crippen LogP contribution in [0.25, 0.3) is 16.7 Å². The van der Waals surface area contributed by atoms with E-state index in [1.165, 1.54) is 0 Å². The van der Waals surface area contributed by atoms with Gasteiger partial charge in [-0.2, -0.15) is 5.10 Å². The fraction of sp³-hybridized carbons (Fsp3) is 0.190. The number of nitrogens with one attached hydrogen (secondary N) is 1. The average Bonchev–Trinajstić information content (AvgIpc) is 3.36. The van der Waals surface area contributed by atoms with E-state index in [1.54, 1.807) is 11.1 Å². The minimum Gasteiger partial charge on any atom is -0.342 e. The maximum Gasteiger partial charge on any atom is 0.223 e. The van der Waals surface area contributed by atoms with Crippen LogP contribution in [0, 0.1) is 0 Å². The molecule has 0 atom stereocenters. The van der Waals surface area contributed by atoms with Gasteiger partial charge in [0.1, 0.15) is 5.82 Å². The summed E-state index contributed by atoms with van der Waals surface area (Å²) in [5.74, 6) is 0.952. The smallest absolute Gasteiger partial charge is 0.223 e. The van der Waals surface area contributed by atoms with E-state index >= 15 is 0 Å². The van der Waals surface area contributed by atoms with Gasteiger partial charge in [-0.25, -0.2) is 9.67 Å². The highest BCUT2D eigenvalue weighted by Gasteiger charge is 2.11. The molecule has 0 saturated carbocycles. The van der Waals surface area contributed by atoms with Crippen molar-refractivity contribution in [3.8, 4) is 5.69 Å². The first-order valence-corrected chi connectivity index (χ1v) is 8.95. The summed E-state index contributed by atoms with van der Waals surface area (Å²) in [7, 11) is 1.84. The van der Waals surface area contributed by atoms with Crippen molar-refractivity contribution in [2.45, 2.75) is 19.4 Å². The van der Waals surface area contributed by atoms with E-state index in [9.17, 15) is 4.79 Å². The molecule has 6 heteroatoms. The largest absolute Gasteiger partial charge is 0.342 e. The summed E-state index contributed by atoms with van der Waals surface area (Å²) >= 11 is 0. The van der Waals surface area contributed by atoms with Gasteiger partial charge in [-0.3, -0.25) is 4.79 Å². The summed E-state index contributed by atoms with van der Waals surface area (Å²) in [6, 6.07) is 17.9. The van der Waals surface area contributed by atoms with Gasteiger partial charge in [-0.15, -0.1) is 0 Å². The van der Waals surface area contributed by atoms with Gasteiger partial charge < -0.3 is 9.88 Å². The number of para-hydroxylation sites is 2. The SMILES string of the molecule is CN(Cc1ccc(-n2cccn2)cc1)C(=O)CCc1nc2ccccc2[nH]1. The number of fused-ring (bicyclic) bond motifs is 1. The second kappa shape index (κ2) is 7.45. The minimum atomic E-state index is 0.103. The zero-order valence-corrected chi connectivity index (χ0v) is 15.2. The third-order valence-corrected chi connectivity index (χ3v) is 4.56. The lowest BCUT2D eigenvalue weighted by atomic mass is 10.2. The number of H-pyrrole nitrogens is 1. The molecule has 0 bridgehead atoms. The van der Waals surface area contributed by atoms with Crippen LogP contribution in [-0.4, -0.2) is 37.6 Å². The van der Waals surface area contributed by atoms with E-state index in [-0.39, 0.29) is 5.91 Å². The molecule has 0 unspecified atom stereocenters. The monoisotopic (exact) mass is 359 g/mol. The van der Waals surface area contributed by atoms with E-state index in [0.29, 0.717) is 19.4 Å². The molecule has 4 aromatic rings. The van der Waals surface area contributed by atoms with Crippen molar-refractivity contribution in [1.82, 2.24) is 24.6 Å². The molecule has 136 valence electrons. The summed E-state index contributed by atoms with van der Waals surface area (Å²) < 4.78 is 1.81. The highest BCUT2D eigenvalue weighted by Crippen LogP contribution is 2.13. The number of carbonyl (C=O) groups is 1. The maximum absolute atomic E-state index is 12.5. The van der Waals surface area contributed by atoms with Crippen molar-refractivity contribution >= 4 is 16.9 Å². The van der Waals surface area contributed by atoms with Gasteiger partial charge in [-0.1, -0.05) is 24.3 Å². The number of imidazole rings is 1. The van der Waals surface area contributed by atoms with Crippen LogP contribution in [0.1, 0.15) is 17.8 Å². The molecule has 1 N–H and O–H groups in total. The summed E-state index contributed by atoms with van der Waals surface area (Å²) in [5, 5.41) is 4.22. The summed E-state index contributed by atoms with van der Waals surface area (Å²) in [6.45, 7) is 0.582. The first kappa shape index (κ1) is 17.0. The third-order valence-electron chi connectivity index (χ3n) is 4.56. The molecule has 0 fully saturated rings. The Bertz CT molecular complexity index is 1000. The van der Waals surface area contributed by atoms with Crippen LogP contribution in [0.4, 0.5) is 0 Å². The van der Waals surface area contributed by atoms with Gasteiger partial charge in [0.25, 0.3) is 0 Å². The molecule has 2 aromatic heterocycles. The Morgan fingerprint density at radius 1 is 1.11 bits per heavy atom. The van der Waals surface area contributed by atoms with Crippen molar-refractivity contribution in [2.24, 2.45) is 0 Å². The van der Waals surface area contributed by atoms with Gasteiger partial charge >= 0.3 is 0 Å². The number of aryl methyl sites for hydroxylation is 1. The van der Waals surface area contributed by atoms with Crippen molar-refractivity contribution in [2.75, 3.05) is 7.05 Å². The van der Waals surface area contributed by atoms with E-state index < -0.39 is 0 Å². The lowest BCUT2D eigenvalue weighted by Crippen LogP contribution is -2.26. The lowest BCUT2D eigenvalue weighted by molar-refractivity contribution is -0.130. The van der Waals surface area contributed by atoms with Crippen molar-refractivity contribution < 1.29 is 4.79 Å². The molecule has 2 heterocycles. The van der Waals surface area contributed by atoms with Crippen molar-refractivity contribution in [1.29, 1.82) is 0 Å². The first-order valence-electron chi connectivity index (χ1n) is 8.95. The Balaban J connectivity index is 1.33. The third kappa shape index (κ3) is 3.89. The van der Waals surface area contributed by atoms with Crippen LogP contribution < -0.4 is 0 Å². The second-order valence-corrected chi connectivity index (χ2v) is 6.57. The normalized spacial score (nSPS) is 11.0. The quantitative estimate of drug-likeness (QED) is 0.574. The van der Waals surface area contributed by atoms with Crippen LogP contribution >= 0.6 is 0 Å². The van der Waals surface area contributed by atoms with Crippen LogP contribution in [0.2, 0.25) is 0 Å². The molecule has 0 aliphatic heterocycles. The Labute approximate surface area is 157 Å². The Morgan fingerprint density at radius 3 is 2.67 bits per heavy atom. The Hall–Kier alpha value is -3.41. The Morgan fingerprint density at radius 2 is 1.93 bits per heavy atom. The van der Waals surface area contributed by atoms with Crippen molar-refractivity contribution in [3.63, 3.8) is 0 Å². The molecule has 0 radical (unpaired) electrons. The first-order chi connectivity index (χ1) is 13.2. The summed E-state index contributed by atoms with van der Waals surface area (Å²) in [5.41, 5.74) is 4.03. The van der Waals surface area contributed by atoms with Crippen LogP contribution in [0.3, 0.4) is 0 Å². The standard InChI is InChI=1S/C21H21N5O/c1-25(15-16-7-9-17(10-8-16)26-14-4-13-22-26)21(27)12-11-20-23-18-5-2-3-6-19(18)24-20/h2-10,13-14H,11-12,15H2,1H3,(H,23,24). The minimum absolute atomic E-state index is 0.103.